The van der Waals surface area contributed by atoms with E-state index in [-0.39, 0.29) is 6.04 Å². The third-order valence-corrected chi connectivity index (χ3v) is 2.83. The van der Waals surface area contributed by atoms with E-state index in [1.54, 1.807) is 0 Å². The smallest absolute Gasteiger partial charge is 0.111 e. The predicted molar refractivity (Wildman–Crippen MR) is 72.2 cm³/mol. The molecule has 1 aliphatic heterocycles. The molecule has 1 nitrogen and oxygen atoms in total. The van der Waals surface area contributed by atoms with Crippen LogP contribution in [0.2, 0.25) is 0 Å². The molecule has 82 valence electrons. The highest BCUT2D eigenvalue weighted by Crippen LogP contribution is 2.21. The lowest BCUT2D eigenvalue weighted by molar-refractivity contribution is 1.29. The second-order valence-corrected chi connectivity index (χ2v) is 4.10. The van der Waals surface area contributed by atoms with Crippen LogP contribution in [0.5, 0.6) is 0 Å². The number of nitrogens with zero attached hydrogens (tertiary/aromatic N) is 1. The quantitative estimate of drug-likeness (QED) is 0.748. The Kier molecular flexibility index (Phi) is 2.59. The Morgan fingerprint density at radius 1 is 0.824 bits per heavy atom. The van der Waals surface area contributed by atoms with Gasteiger partial charge in [0.2, 0.25) is 0 Å². The third kappa shape index (κ3) is 2.34. The van der Waals surface area contributed by atoms with Crippen molar-refractivity contribution in [2.75, 3.05) is 0 Å². The highest BCUT2D eigenvalue weighted by molar-refractivity contribution is 6.15. The lowest BCUT2D eigenvalue weighted by Crippen LogP contribution is -1.94. The van der Waals surface area contributed by atoms with Gasteiger partial charge in [-0.25, -0.2) is 0 Å². The van der Waals surface area contributed by atoms with Crippen LogP contribution in [-0.2, 0) is 0 Å². The van der Waals surface area contributed by atoms with Crippen LogP contribution in [-0.4, -0.2) is 11.8 Å². The SMILES string of the molecule is C(=C/C1N=C1c1ccccc1)/c1ccccc1. The molecule has 0 amide bonds. The molecule has 1 unspecified atom stereocenters. The Morgan fingerprint density at radius 3 is 2.18 bits per heavy atom. The molecule has 0 fully saturated rings. The minimum atomic E-state index is 0.276. The van der Waals surface area contributed by atoms with E-state index >= 15 is 0 Å². The molecule has 3 rings (SSSR count). The fraction of sp³-hybridized carbons (Fsp3) is 0.0625. The van der Waals surface area contributed by atoms with E-state index < -0.39 is 0 Å². The van der Waals surface area contributed by atoms with Gasteiger partial charge in [-0.05, 0) is 11.1 Å². The maximum absolute atomic E-state index is 4.47. The van der Waals surface area contributed by atoms with Gasteiger partial charge in [0.05, 0.1) is 5.71 Å². The fourth-order valence-electron chi connectivity index (χ4n) is 1.87. The van der Waals surface area contributed by atoms with Crippen molar-refractivity contribution in [1.82, 2.24) is 0 Å². The Bertz CT molecular complexity index is 553. The van der Waals surface area contributed by atoms with Crippen LogP contribution < -0.4 is 0 Å². The zero-order chi connectivity index (χ0) is 11.5. The molecule has 0 spiro atoms. The zero-order valence-corrected chi connectivity index (χ0v) is 9.45. The highest BCUT2D eigenvalue weighted by Gasteiger charge is 2.25. The maximum Gasteiger partial charge on any atom is 0.111 e. The lowest BCUT2D eigenvalue weighted by atomic mass is 10.1. The number of hydrogen-bond acceptors (Lipinski definition) is 1. The highest BCUT2D eigenvalue weighted by atomic mass is 15.0. The van der Waals surface area contributed by atoms with Gasteiger partial charge in [0.1, 0.15) is 6.04 Å². The molecule has 1 aliphatic rings. The Labute approximate surface area is 101 Å². The monoisotopic (exact) mass is 219 g/mol. The van der Waals surface area contributed by atoms with Crippen molar-refractivity contribution in [1.29, 1.82) is 0 Å². The van der Waals surface area contributed by atoms with Crippen LogP contribution >= 0.6 is 0 Å². The fourth-order valence-corrected chi connectivity index (χ4v) is 1.87. The molecule has 0 N–H and O–H groups in total. The van der Waals surface area contributed by atoms with Gasteiger partial charge in [-0.2, -0.15) is 0 Å². The van der Waals surface area contributed by atoms with Crippen molar-refractivity contribution in [3.05, 3.63) is 77.9 Å². The van der Waals surface area contributed by atoms with Gasteiger partial charge < -0.3 is 0 Å². The van der Waals surface area contributed by atoms with Gasteiger partial charge in [-0.1, -0.05) is 72.8 Å². The molecular formula is C16H13N. The standard InChI is InChI=1S/C16H13N/c1-3-7-13(8-4-1)11-12-15-16(17-15)14-9-5-2-6-10-14/h1-12,15H/b12-11-. The summed E-state index contributed by atoms with van der Waals surface area (Å²) < 4.78 is 0. The Hall–Kier alpha value is -2.15. The van der Waals surface area contributed by atoms with Crippen LogP contribution in [0.15, 0.2) is 71.7 Å². The van der Waals surface area contributed by atoms with E-state index in [1.807, 2.05) is 36.4 Å². The molecular weight excluding hydrogens is 206 g/mol. The summed E-state index contributed by atoms with van der Waals surface area (Å²) in [6.45, 7) is 0. The summed E-state index contributed by atoms with van der Waals surface area (Å²) in [4.78, 5) is 4.47. The van der Waals surface area contributed by atoms with Crippen molar-refractivity contribution in [3.63, 3.8) is 0 Å². The van der Waals surface area contributed by atoms with E-state index in [1.165, 1.54) is 16.8 Å². The molecule has 0 radical (unpaired) electrons. The first-order valence-corrected chi connectivity index (χ1v) is 5.80. The maximum atomic E-state index is 4.47. The van der Waals surface area contributed by atoms with Crippen LogP contribution in [0.1, 0.15) is 11.1 Å². The molecule has 0 aromatic heterocycles. The molecule has 0 saturated heterocycles. The molecule has 1 heteroatoms. The normalized spacial score (nSPS) is 18.1. The lowest BCUT2D eigenvalue weighted by Gasteiger charge is -1.92. The zero-order valence-electron chi connectivity index (χ0n) is 9.45. The number of hydrogen-bond donors (Lipinski definition) is 0. The minimum Gasteiger partial charge on any atom is -0.273 e. The van der Waals surface area contributed by atoms with Crippen molar-refractivity contribution in [3.8, 4) is 0 Å². The first-order chi connectivity index (χ1) is 8.43. The second kappa shape index (κ2) is 4.38. The molecule has 0 bridgehead atoms. The molecule has 0 aliphatic carbocycles. The summed E-state index contributed by atoms with van der Waals surface area (Å²) in [5, 5.41) is 0. The van der Waals surface area contributed by atoms with Crippen LogP contribution in [0.25, 0.3) is 6.08 Å². The van der Waals surface area contributed by atoms with E-state index in [9.17, 15) is 0 Å². The average molecular weight is 219 g/mol. The first kappa shape index (κ1) is 10.0. The molecule has 2 aromatic rings. The molecule has 1 atom stereocenters. The van der Waals surface area contributed by atoms with Gasteiger partial charge in [-0.15, -0.1) is 0 Å². The number of benzene rings is 2. The van der Waals surface area contributed by atoms with Gasteiger partial charge in [0.25, 0.3) is 0 Å². The van der Waals surface area contributed by atoms with E-state index in [0.29, 0.717) is 0 Å². The molecule has 1 heterocycles. The van der Waals surface area contributed by atoms with Crippen LogP contribution in [0.3, 0.4) is 0 Å². The predicted octanol–water partition coefficient (Wildman–Crippen LogP) is 3.57. The third-order valence-electron chi connectivity index (χ3n) is 2.83. The minimum absolute atomic E-state index is 0.276. The number of aliphatic imine (C=N–C) groups is 1. The second-order valence-electron chi connectivity index (χ2n) is 4.10. The average Bonchev–Trinajstić information content (AvgIpc) is 3.18. The van der Waals surface area contributed by atoms with Gasteiger partial charge in [0, 0.05) is 0 Å². The number of rotatable bonds is 3. The molecule has 0 saturated carbocycles. The van der Waals surface area contributed by atoms with Crippen molar-refractivity contribution >= 4 is 11.8 Å². The summed E-state index contributed by atoms with van der Waals surface area (Å²) in [6.07, 6.45) is 4.28. The molecule has 2 aromatic carbocycles. The summed E-state index contributed by atoms with van der Waals surface area (Å²) in [6, 6.07) is 20.9. The van der Waals surface area contributed by atoms with Crippen molar-refractivity contribution in [2.45, 2.75) is 6.04 Å². The largest absolute Gasteiger partial charge is 0.273 e. The van der Waals surface area contributed by atoms with Gasteiger partial charge in [0.15, 0.2) is 0 Å². The van der Waals surface area contributed by atoms with E-state index in [4.69, 9.17) is 0 Å². The van der Waals surface area contributed by atoms with Crippen molar-refractivity contribution in [2.24, 2.45) is 4.99 Å². The summed E-state index contributed by atoms with van der Waals surface area (Å²) in [5.41, 5.74) is 3.65. The first-order valence-electron chi connectivity index (χ1n) is 5.80. The summed E-state index contributed by atoms with van der Waals surface area (Å²) in [5.74, 6) is 0. The Balaban J connectivity index is 1.66. The van der Waals surface area contributed by atoms with E-state index in [2.05, 4.69) is 41.4 Å². The Morgan fingerprint density at radius 2 is 1.47 bits per heavy atom. The van der Waals surface area contributed by atoms with E-state index in [0.717, 1.165) is 0 Å². The van der Waals surface area contributed by atoms with Crippen LogP contribution in [0, 0.1) is 0 Å². The summed E-state index contributed by atoms with van der Waals surface area (Å²) in [7, 11) is 0. The summed E-state index contributed by atoms with van der Waals surface area (Å²) >= 11 is 0. The van der Waals surface area contributed by atoms with Crippen LogP contribution in [0.4, 0.5) is 0 Å². The van der Waals surface area contributed by atoms with Crippen molar-refractivity contribution < 1.29 is 0 Å². The topological polar surface area (TPSA) is 12.4 Å². The molecule has 17 heavy (non-hydrogen) atoms. The van der Waals surface area contributed by atoms with Gasteiger partial charge >= 0.3 is 0 Å². The van der Waals surface area contributed by atoms with Gasteiger partial charge in [-0.3, -0.25) is 4.99 Å².